The highest BCUT2D eigenvalue weighted by Crippen LogP contribution is 2.20. The lowest BCUT2D eigenvalue weighted by molar-refractivity contribution is 0.132. The first-order chi connectivity index (χ1) is 17.1. The predicted octanol–water partition coefficient (Wildman–Crippen LogP) is 3.84. The fraction of sp³-hybridized carbons (Fsp3) is 0.269. The molecule has 3 rings (SSSR count). The number of amides is 1. The van der Waals surface area contributed by atoms with E-state index in [9.17, 15) is 18.3 Å². The van der Waals surface area contributed by atoms with Gasteiger partial charge in [-0.3, -0.25) is 5.32 Å². The van der Waals surface area contributed by atoms with Gasteiger partial charge in [-0.2, -0.15) is 4.31 Å². The zero-order valence-electron chi connectivity index (χ0n) is 20.2. The molecule has 1 atom stereocenters. The van der Waals surface area contributed by atoms with Crippen molar-refractivity contribution in [3.63, 3.8) is 0 Å². The zero-order chi connectivity index (χ0) is 26.1. The van der Waals surface area contributed by atoms with Crippen LogP contribution in [-0.4, -0.2) is 43.1 Å². The van der Waals surface area contributed by atoms with Crippen LogP contribution in [0.25, 0.3) is 6.08 Å². The lowest BCUT2D eigenvalue weighted by atomic mass is 10.1. The van der Waals surface area contributed by atoms with Crippen LogP contribution < -0.4 is 11.1 Å². The molecule has 1 aromatic heterocycles. The second kappa shape index (κ2) is 12.4. The molecule has 0 radical (unpaired) electrons. The van der Waals surface area contributed by atoms with Gasteiger partial charge in [0.15, 0.2) is 0 Å². The first-order valence-corrected chi connectivity index (χ1v) is 12.8. The Bertz CT molecular complexity index is 1240. The number of carbonyl (C=O) groups is 1. The number of aliphatic hydroxyl groups excluding tert-OH is 1. The van der Waals surface area contributed by atoms with Crippen molar-refractivity contribution in [3.05, 3.63) is 90.0 Å². The summed E-state index contributed by atoms with van der Waals surface area (Å²) >= 11 is 0. The van der Waals surface area contributed by atoms with Crippen LogP contribution in [0.4, 0.5) is 10.5 Å². The fourth-order valence-corrected chi connectivity index (χ4v) is 4.99. The number of benzene rings is 2. The Labute approximate surface area is 211 Å². The van der Waals surface area contributed by atoms with Gasteiger partial charge in [0.1, 0.15) is 12.7 Å². The van der Waals surface area contributed by atoms with Gasteiger partial charge >= 0.3 is 6.09 Å². The van der Waals surface area contributed by atoms with Gasteiger partial charge < -0.3 is 20.0 Å². The summed E-state index contributed by atoms with van der Waals surface area (Å²) in [5.74, 6) is -0.0183. The predicted molar refractivity (Wildman–Crippen MR) is 137 cm³/mol. The maximum absolute atomic E-state index is 13.4. The number of hydrogen-bond acceptors (Lipinski definition) is 7. The third-order valence-corrected chi connectivity index (χ3v) is 6.99. The molecule has 9 nitrogen and oxygen atoms in total. The number of nitrogen functional groups attached to an aromatic ring is 1. The van der Waals surface area contributed by atoms with E-state index in [-0.39, 0.29) is 36.2 Å². The Morgan fingerprint density at radius 2 is 1.81 bits per heavy atom. The van der Waals surface area contributed by atoms with Gasteiger partial charge in [-0.25, -0.2) is 13.2 Å². The summed E-state index contributed by atoms with van der Waals surface area (Å²) in [7, 11) is -3.95. The fourth-order valence-electron chi connectivity index (χ4n) is 3.38. The van der Waals surface area contributed by atoms with Gasteiger partial charge in [-0.1, -0.05) is 44.2 Å². The topological polar surface area (TPSA) is 135 Å². The van der Waals surface area contributed by atoms with Gasteiger partial charge in [0.25, 0.3) is 0 Å². The molecule has 0 saturated heterocycles. The molecule has 0 aliphatic rings. The summed E-state index contributed by atoms with van der Waals surface area (Å²) in [6, 6.07) is 16.6. The number of nitrogens with two attached hydrogens (primary N) is 1. The van der Waals surface area contributed by atoms with Crippen LogP contribution in [0.3, 0.4) is 0 Å². The van der Waals surface area contributed by atoms with Crippen LogP contribution in [0, 0.1) is 5.92 Å². The van der Waals surface area contributed by atoms with Crippen LogP contribution in [0.15, 0.2) is 88.2 Å². The van der Waals surface area contributed by atoms with E-state index in [2.05, 4.69) is 5.32 Å². The number of sulfonamides is 1. The molecule has 1 heterocycles. The van der Waals surface area contributed by atoms with Gasteiger partial charge in [-0.15, -0.1) is 0 Å². The number of nitrogens with zero attached hydrogens (tertiary/aromatic N) is 1. The number of rotatable bonds is 11. The minimum Gasteiger partial charge on any atom is -0.472 e. The van der Waals surface area contributed by atoms with Crippen molar-refractivity contribution in [2.45, 2.75) is 31.5 Å². The number of anilines is 1. The largest absolute Gasteiger partial charge is 0.472 e. The number of hydrogen-bond donors (Lipinski definition) is 3. The lowest BCUT2D eigenvalue weighted by Crippen LogP contribution is -2.43. The van der Waals surface area contributed by atoms with E-state index in [1.807, 2.05) is 32.0 Å². The summed E-state index contributed by atoms with van der Waals surface area (Å²) in [5, 5.41) is 13.7. The third-order valence-electron chi connectivity index (χ3n) is 5.14. The van der Waals surface area contributed by atoms with Crippen molar-refractivity contribution in [2.75, 3.05) is 18.8 Å². The maximum atomic E-state index is 13.4. The van der Waals surface area contributed by atoms with E-state index < -0.39 is 22.2 Å². The molecule has 0 spiro atoms. The number of nitrogens with one attached hydrogen (secondary N) is 1. The first kappa shape index (κ1) is 27.0. The average molecular weight is 514 g/mol. The third kappa shape index (κ3) is 7.70. The molecule has 3 aromatic rings. The van der Waals surface area contributed by atoms with E-state index in [1.165, 1.54) is 41.1 Å². The highest BCUT2D eigenvalue weighted by Gasteiger charge is 2.29. The van der Waals surface area contributed by atoms with E-state index in [0.717, 1.165) is 0 Å². The highest BCUT2D eigenvalue weighted by molar-refractivity contribution is 7.89. The number of aliphatic hydroxyl groups is 1. The second-order valence-corrected chi connectivity index (χ2v) is 10.6. The Kier molecular flexibility index (Phi) is 9.29. The minimum atomic E-state index is -3.95. The van der Waals surface area contributed by atoms with E-state index >= 15 is 0 Å². The first-order valence-electron chi connectivity index (χ1n) is 11.4. The van der Waals surface area contributed by atoms with Crippen molar-refractivity contribution in [1.82, 2.24) is 9.62 Å². The smallest absolute Gasteiger partial charge is 0.411 e. The van der Waals surface area contributed by atoms with Crippen molar-refractivity contribution >= 4 is 27.9 Å². The molecule has 36 heavy (non-hydrogen) atoms. The number of carbonyl (C=O) groups excluding carboxylic acids is 1. The Hall–Kier alpha value is -3.60. The van der Waals surface area contributed by atoms with Crippen LogP contribution in [-0.2, 0) is 21.4 Å². The van der Waals surface area contributed by atoms with Crippen LogP contribution in [0.5, 0.6) is 0 Å². The van der Waals surface area contributed by atoms with Gasteiger partial charge in [0.2, 0.25) is 10.0 Å². The standard InChI is InChI=1S/C26H31N3O6S/c1-19(2)15-29(36(32,33)23-10-8-22(27)9-11-23)16-25(30)24(14-20-6-4-3-5-7-20)28-26(31)35-18-21-12-13-34-17-21/h3-14,17,19,25,30H,15-16,18,27H2,1-2H3,(H,28,31)/b24-14-/t25-/m1/s1. The van der Waals surface area contributed by atoms with Crippen molar-refractivity contribution < 1.29 is 27.5 Å². The molecular weight excluding hydrogens is 482 g/mol. The molecular formula is C26H31N3O6S. The number of ether oxygens (including phenoxy) is 1. The zero-order valence-corrected chi connectivity index (χ0v) is 21.0. The Morgan fingerprint density at radius 3 is 2.42 bits per heavy atom. The van der Waals surface area contributed by atoms with Gasteiger partial charge in [0.05, 0.1) is 23.1 Å². The van der Waals surface area contributed by atoms with Gasteiger partial charge in [0, 0.05) is 24.3 Å². The van der Waals surface area contributed by atoms with Crippen LogP contribution >= 0.6 is 0 Å². The average Bonchev–Trinajstić information content (AvgIpc) is 3.36. The van der Waals surface area contributed by atoms with E-state index in [4.69, 9.17) is 14.9 Å². The van der Waals surface area contributed by atoms with Crippen molar-refractivity contribution in [1.29, 1.82) is 0 Å². The van der Waals surface area contributed by atoms with E-state index in [0.29, 0.717) is 16.8 Å². The molecule has 0 bridgehead atoms. The molecule has 2 aromatic carbocycles. The van der Waals surface area contributed by atoms with Crippen molar-refractivity contribution in [2.24, 2.45) is 5.92 Å². The minimum absolute atomic E-state index is 0.0183. The summed E-state index contributed by atoms with van der Waals surface area (Å²) in [6.45, 7) is 3.61. The number of furan rings is 1. The van der Waals surface area contributed by atoms with E-state index in [1.54, 1.807) is 24.3 Å². The molecule has 1 amide bonds. The summed E-state index contributed by atoms with van der Waals surface area (Å²) < 4.78 is 38.1. The quantitative estimate of drug-likeness (QED) is 0.332. The summed E-state index contributed by atoms with van der Waals surface area (Å²) in [4.78, 5) is 12.6. The highest BCUT2D eigenvalue weighted by atomic mass is 32.2. The normalized spacial score (nSPS) is 13.1. The molecule has 0 unspecified atom stereocenters. The monoisotopic (exact) mass is 513 g/mol. The molecule has 0 saturated carbocycles. The maximum Gasteiger partial charge on any atom is 0.411 e. The Morgan fingerprint density at radius 1 is 1.11 bits per heavy atom. The molecule has 0 fully saturated rings. The summed E-state index contributed by atoms with van der Waals surface area (Å²) in [6.07, 6.45) is 2.34. The molecule has 192 valence electrons. The number of alkyl carbamates (subject to hydrolysis) is 1. The molecule has 0 aliphatic heterocycles. The van der Waals surface area contributed by atoms with Crippen LogP contribution in [0.1, 0.15) is 25.0 Å². The van der Waals surface area contributed by atoms with Gasteiger partial charge in [-0.05, 0) is 47.9 Å². The second-order valence-electron chi connectivity index (χ2n) is 8.64. The van der Waals surface area contributed by atoms with Crippen molar-refractivity contribution in [3.8, 4) is 0 Å². The van der Waals surface area contributed by atoms with Crippen LogP contribution in [0.2, 0.25) is 0 Å². The molecule has 0 aliphatic carbocycles. The Balaban J connectivity index is 1.84. The molecule has 10 heteroatoms. The molecule has 4 N–H and O–H groups in total. The lowest BCUT2D eigenvalue weighted by Gasteiger charge is -2.27. The SMILES string of the molecule is CC(C)CN(C[C@@H](O)/C(=C/c1ccccc1)NC(=O)OCc1ccoc1)S(=O)(=O)c1ccc(N)cc1. The summed E-state index contributed by atoms with van der Waals surface area (Å²) in [5.41, 5.74) is 7.62.